The van der Waals surface area contributed by atoms with Crippen LogP contribution in [0.25, 0.3) is 0 Å². The van der Waals surface area contributed by atoms with E-state index in [1.807, 2.05) is 24.0 Å². The van der Waals surface area contributed by atoms with E-state index in [2.05, 4.69) is 21.2 Å². The Labute approximate surface area is 133 Å². The maximum absolute atomic E-state index is 12.5. The Kier molecular flexibility index (Phi) is 5.87. The molecule has 3 nitrogen and oxygen atoms in total. The Morgan fingerprint density at radius 2 is 2.35 bits per heavy atom. The summed E-state index contributed by atoms with van der Waals surface area (Å²) in [5.74, 6) is 0.617. The van der Waals surface area contributed by atoms with Crippen LogP contribution in [0.2, 0.25) is 5.02 Å². The van der Waals surface area contributed by atoms with Crippen molar-refractivity contribution in [3.63, 3.8) is 0 Å². The molecule has 0 radical (unpaired) electrons. The molecule has 0 spiro atoms. The summed E-state index contributed by atoms with van der Waals surface area (Å²) in [6.45, 7) is 5.66. The highest BCUT2D eigenvalue weighted by molar-refractivity contribution is 9.10. The van der Waals surface area contributed by atoms with Crippen LogP contribution in [0, 0.1) is 5.92 Å². The third-order valence-electron chi connectivity index (χ3n) is 3.71. The van der Waals surface area contributed by atoms with E-state index in [9.17, 15) is 4.79 Å². The molecule has 0 saturated carbocycles. The number of hydrogen-bond acceptors (Lipinski definition) is 2. The summed E-state index contributed by atoms with van der Waals surface area (Å²) in [7, 11) is 0. The largest absolute Gasteiger partial charge is 0.339 e. The minimum Gasteiger partial charge on any atom is -0.339 e. The van der Waals surface area contributed by atoms with E-state index in [4.69, 9.17) is 11.6 Å². The van der Waals surface area contributed by atoms with Gasteiger partial charge in [0.15, 0.2) is 0 Å². The summed E-state index contributed by atoms with van der Waals surface area (Å²) in [5, 5.41) is 3.97. The second-order valence-electron chi connectivity index (χ2n) is 5.19. The molecule has 1 N–H and O–H groups in total. The van der Waals surface area contributed by atoms with E-state index < -0.39 is 0 Å². The van der Waals surface area contributed by atoms with Gasteiger partial charge in [-0.3, -0.25) is 4.79 Å². The number of benzene rings is 1. The predicted molar refractivity (Wildman–Crippen MR) is 86.3 cm³/mol. The molecule has 1 fully saturated rings. The average Bonchev–Trinajstić information content (AvgIpc) is 2.48. The van der Waals surface area contributed by atoms with Crippen molar-refractivity contribution in [1.29, 1.82) is 0 Å². The molecule has 0 aliphatic carbocycles. The summed E-state index contributed by atoms with van der Waals surface area (Å²) in [5.41, 5.74) is 0.656. The van der Waals surface area contributed by atoms with E-state index in [1.165, 1.54) is 12.8 Å². The number of rotatable bonds is 4. The fourth-order valence-corrected chi connectivity index (χ4v) is 2.99. The summed E-state index contributed by atoms with van der Waals surface area (Å²) in [4.78, 5) is 14.5. The first-order valence-corrected chi connectivity index (χ1v) is 8.24. The zero-order valence-corrected chi connectivity index (χ0v) is 14.0. The van der Waals surface area contributed by atoms with Crippen molar-refractivity contribution in [2.24, 2.45) is 5.92 Å². The molecule has 5 heteroatoms. The summed E-state index contributed by atoms with van der Waals surface area (Å²) < 4.78 is 0.815. The summed E-state index contributed by atoms with van der Waals surface area (Å²) >= 11 is 9.42. The highest BCUT2D eigenvalue weighted by Gasteiger charge is 2.21. The third-order valence-corrected chi connectivity index (χ3v) is 4.95. The molecule has 1 aliphatic heterocycles. The van der Waals surface area contributed by atoms with Gasteiger partial charge in [0.1, 0.15) is 0 Å². The Morgan fingerprint density at radius 1 is 1.55 bits per heavy atom. The molecule has 2 rings (SSSR count). The van der Waals surface area contributed by atoms with Gasteiger partial charge in [-0.2, -0.15) is 0 Å². The lowest BCUT2D eigenvalue weighted by atomic mass is 9.99. The maximum atomic E-state index is 12.5. The Balaban J connectivity index is 2.05. The van der Waals surface area contributed by atoms with E-state index in [0.29, 0.717) is 16.5 Å². The van der Waals surface area contributed by atoms with Crippen LogP contribution < -0.4 is 5.32 Å². The normalized spacial score (nSPS) is 18.9. The van der Waals surface area contributed by atoms with Crippen molar-refractivity contribution in [2.75, 3.05) is 26.2 Å². The second-order valence-corrected chi connectivity index (χ2v) is 6.45. The molecule has 20 heavy (non-hydrogen) atoms. The number of carbonyl (C=O) groups is 1. The number of halogens is 2. The fourth-order valence-electron chi connectivity index (χ4n) is 2.56. The van der Waals surface area contributed by atoms with Gasteiger partial charge in [0.2, 0.25) is 0 Å². The highest BCUT2D eigenvalue weighted by Crippen LogP contribution is 2.24. The van der Waals surface area contributed by atoms with E-state index in [-0.39, 0.29) is 5.91 Å². The average molecular weight is 360 g/mol. The number of amides is 1. The molecule has 0 bridgehead atoms. The van der Waals surface area contributed by atoms with Gasteiger partial charge >= 0.3 is 0 Å². The first-order valence-electron chi connectivity index (χ1n) is 7.07. The molecule has 0 aromatic heterocycles. The number of hydrogen-bond donors (Lipinski definition) is 1. The van der Waals surface area contributed by atoms with Crippen LogP contribution in [-0.2, 0) is 0 Å². The van der Waals surface area contributed by atoms with Gasteiger partial charge in [0, 0.05) is 23.1 Å². The minimum atomic E-state index is 0.0625. The van der Waals surface area contributed by atoms with Crippen molar-refractivity contribution in [1.82, 2.24) is 10.2 Å². The van der Waals surface area contributed by atoms with Gasteiger partial charge < -0.3 is 10.2 Å². The topological polar surface area (TPSA) is 32.3 Å². The van der Waals surface area contributed by atoms with Gasteiger partial charge in [-0.1, -0.05) is 11.6 Å². The molecule has 1 aliphatic rings. The molecule has 1 saturated heterocycles. The van der Waals surface area contributed by atoms with Crippen LogP contribution in [-0.4, -0.2) is 37.0 Å². The Hall–Kier alpha value is -0.580. The number of nitrogens with zero attached hydrogens (tertiary/aromatic N) is 1. The van der Waals surface area contributed by atoms with Crippen LogP contribution >= 0.6 is 27.5 Å². The second kappa shape index (κ2) is 7.43. The Bertz CT molecular complexity index is 475. The number of piperidine rings is 1. The van der Waals surface area contributed by atoms with Crippen molar-refractivity contribution in [3.05, 3.63) is 33.3 Å². The minimum absolute atomic E-state index is 0.0625. The molecule has 110 valence electrons. The molecular formula is C15H20BrClN2O. The monoisotopic (exact) mass is 358 g/mol. The molecule has 1 aromatic rings. The zero-order valence-electron chi connectivity index (χ0n) is 11.7. The van der Waals surface area contributed by atoms with Gasteiger partial charge in [0.05, 0.1) is 5.02 Å². The number of nitrogens with one attached hydrogen (secondary N) is 1. The Morgan fingerprint density at radius 3 is 2.95 bits per heavy atom. The molecule has 1 unspecified atom stereocenters. The first-order chi connectivity index (χ1) is 9.61. The molecule has 1 aromatic carbocycles. The van der Waals surface area contributed by atoms with Crippen molar-refractivity contribution in [3.8, 4) is 0 Å². The van der Waals surface area contributed by atoms with Crippen molar-refractivity contribution in [2.45, 2.75) is 19.8 Å². The SMILES string of the molecule is CCN(CC1CCCNC1)C(=O)c1ccc(Br)c(Cl)c1. The quantitative estimate of drug-likeness (QED) is 0.891. The lowest BCUT2D eigenvalue weighted by molar-refractivity contribution is 0.0729. The molecule has 1 atom stereocenters. The van der Waals surface area contributed by atoms with Crippen molar-refractivity contribution < 1.29 is 4.79 Å². The van der Waals surface area contributed by atoms with Crippen LogP contribution in [0.15, 0.2) is 22.7 Å². The van der Waals surface area contributed by atoms with Gasteiger partial charge in [-0.25, -0.2) is 0 Å². The molecule has 1 amide bonds. The van der Waals surface area contributed by atoms with Crippen LogP contribution in [0.5, 0.6) is 0 Å². The van der Waals surface area contributed by atoms with Gasteiger partial charge in [-0.15, -0.1) is 0 Å². The van der Waals surface area contributed by atoms with Gasteiger partial charge in [0.25, 0.3) is 5.91 Å². The van der Waals surface area contributed by atoms with Crippen molar-refractivity contribution >= 4 is 33.4 Å². The van der Waals surface area contributed by atoms with Crippen LogP contribution in [0.3, 0.4) is 0 Å². The van der Waals surface area contributed by atoms with Gasteiger partial charge in [-0.05, 0) is 72.9 Å². The van der Waals surface area contributed by atoms with E-state index in [1.54, 1.807) is 6.07 Å². The predicted octanol–water partition coefficient (Wildman–Crippen LogP) is 3.56. The zero-order chi connectivity index (χ0) is 14.5. The molecular weight excluding hydrogens is 340 g/mol. The van der Waals surface area contributed by atoms with Crippen LogP contribution in [0.1, 0.15) is 30.1 Å². The smallest absolute Gasteiger partial charge is 0.253 e. The summed E-state index contributed by atoms with van der Waals surface area (Å²) in [6.07, 6.45) is 2.39. The number of carbonyl (C=O) groups excluding carboxylic acids is 1. The fraction of sp³-hybridized carbons (Fsp3) is 0.533. The summed E-state index contributed by atoms with van der Waals surface area (Å²) in [6, 6.07) is 5.38. The molecule has 1 heterocycles. The van der Waals surface area contributed by atoms with Crippen LogP contribution in [0.4, 0.5) is 0 Å². The highest BCUT2D eigenvalue weighted by atomic mass is 79.9. The first kappa shape index (κ1) is 15.8. The lowest BCUT2D eigenvalue weighted by Gasteiger charge is -2.29. The standard InChI is InChI=1S/C15H20BrClN2O/c1-2-19(10-11-4-3-7-18-9-11)15(20)12-5-6-13(16)14(17)8-12/h5-6,8,11,18H,2-4,7,9-10H2,1H3. The maximum Gasteiger partial charge on any atom is 0.253 e. The van der Waals surface area contributed by atoms with E-state index in [0.717, 1.165) is 30.7 Å². The van der Waals surface area contributed by atoms with E-state index >= 15 is 0 Å². The lowest BCUT2D eigenvalue weighted by Crippen LogP contribution is -2.41. The third kappa shape index (κ3) is 3.96.